The normalized spacial score (nSPS) is 19.0. The molecule has 0 radical (unpaired) electrons. The molecule has 1 saturated carbocycles. The van der Waals surface area contributed by atoms with E-state index in [1.54, 1.807) is 18.2 Å². The maximum absolute atomic E-state index is 13.2. The third-order valence-electron chi connectivity index (χ3n) is 5.49. The Hall–Kier alpha value is -2.84. The molecule has 2 aromatic rings. The molecule has 34 heavy (non-hydrogen) atoms. The van der Waals surface area contributed by atoms with Gasteiger partial charge in [0.1, 0.15) is 17.3 Å². The standard InChI is InChI=1S/C15H18ClFN2O3.C9H7ClO2/c16-13-6-5-12(7-14(13)17)22-8-15(21)19-11-3-1-10(2-4-11)18-9-20;10-6-1-2-9-7(5-6)8(11)3-4-12-9/h5-7,9-11H,1-4,8H2,(H,18,20)(H,19,21);1-2,5H,3-4H2. The summed E-state index contributed by atoms with van der Waals surface area (Å²) in [5.41, 5.74) is 0.605. The van der Waals surface area contributed by atoms with E-state index in [-0.39, 0.29) is 41.2 Å². The van der Waals surface area contributed by atoms with Crippen molar-refractivity contribution in [1.29, 1.82) is 0 Å². The van der Waals surface area contributed by atoms with E-state index in [0.29, 0.717) is 35.8 Å². The second kappa shape index (κ2) is 12.6. The van der Waals surface area contributed by atoms with Crippen LogP contribution in [0.15, 0.2) is 36.4 Å². The van der Waals surface area contributed by atoms with E-state index in [1.165, 1.54) is 12.1 Å². The number of hydrogen-bond acceptors (Lipinski definition) is 5. The average Bonchev–Trinajstić information content (AvgIpc) is 2.82. The van der Waals surface area contributed by atoms with Crippen molar-refractivity contribution in [3.8, 4) is 11.5 Å². The van der Waals surface area contributed by atoms with E-state index in [4.69, 9.17) is 32.7 Å². The van der Waals surface area contributed by atoms with Crippen LogP contribution in [0, 0.1) is 5.82 Å². The van der Waals surface area contributed by atoms with E-state index >= 15 is 0 Å². The molecule has 182 valence electrons. The largest absolute Gasteiger partial charge is 0.492 e. The fraction of sp³-hybridized carbons (Fsp3) is 0.375. The molecular weight excluding hydrogens is 486 g/mol. The highest BCUT2D eigenvalue weighted by Crippen LogP contribution is 2.27. The first-order chi connectivity index (χ1) is 16.4. The van der Waals surface area contributed by atoms with Crippen LogP contribution >= 0.6 is 23.2 Å². The maximum Gasteiger partial charge on any atom is 0.258 e. The number of fused-ring (bicyclic) bond motifs is 1. The van der Waals surface area contributed by atoms with Gasteiger partial charge < -0.3 is 20.1 Å². The Morgan fingerprint density at radius 1 is 1.12 bits per heavy atom. The van der Waals surface area contributed by atoms with E-state index in [9.17, 15) is 18.8 Å². The SMILES string of the molecule is O=C1CCOc2ccc(Cl)cc21.O=CNC1CCC(NC(=O)COc2ccc(Cl)c(F)c2)CC1. The zero-order valence-electron chi connectivity index (χ0n) is 18.3. The van der Waals surface area contributed by atoms with Crippen LogP contribution < -0.4 is 20.1 Å². The number of benzene rings is 2. The van der Waals surface area contributed by atoms with Crippen LogP contribution in [-0.4, -0.2) is 43.4 Å². The number of hydrogen-bond donors (Lipinski definition) is 2. The highest BCUT2D eigenvalue weighted by atomic mass is 35.5. The maximum atomic E-state index is 13.2. The Morgan fingerprint density at radius 2 is 1.85 bits per heavy atom. The fourth-order valence-corrected chi connectivity index (χ4v) is 4.01. The van der Waals surface area contributed by atoms with Crippen LogP contribution in [-0.2, 0) is 9.59 Å². The second-order valence-electron chi connectivity index (χ2n) is 7.93. The van der Waals surface area contributed by atoms with E-state index in [2.05, 4.69) is 10.6 Å². The molecule has 0 aromatic heterocycles. The van der Waals surface area contributed by atoms with Crippen molar-refractivity contribution in [2.45, 2.75) is 44.2 Å². The molecule has 0 bridgehead atoms. The third kappa shape index (κ3) is 7.60. The predicted molar refractivity (Wildman–Crippen MR) is 126 cm³/mol. The molecule has 0 saturated heterocycles. The molecule has 10 heteroatoms. The van der Waals surface area contributed by atoms with E-state index in [0.717, 1.165) is 31.7 Å². The Labute approximate surface area is 206 Å². The van der Waals surface area contributed by atoms with Gasteiger partial charge in [-0.05, 0) is 56.0 Å². The van der Waals surface area contributed by atoms with Gasteiger partial charge in [0.15, 0.2) is 12.4 Å². The van der Waals surface area contributed by atoms with Gasteiger partial charge in [0.2, 0.25) is 6.41 Å². The van der Waals surface area contributed by atoms with Crippen molar-refractivity contribution >= 4 is 41.3 Å². The molecule has 1 aliphatic heterocycles. The van der Waals surface area contributed by atoms with Gasteiger partial charge in [-0.3, -0.25) is 14.4 Å². The van der Waals surface area contributed by atoms with Crippen LogP contribution in [0.4, 0.5) is 4.39 Å². The van der Waals surface area contributed by atoms with Crippen molar-refractivity contribution < 1.29 is 28.2 Å². The van der Waals surface area contributed by atoms with Crippen molar-refractivity contribution in [2.75, 3.05) is 13.2 Å². The van der Waals surface area contributed by atoms with Crippen LogP contribution in [0.25, 0.3) is 0 Å². The summed E-state index contributed by atoms with van der Waals surface area (Å²) in [6.07, 6.45) is 4.47. The zero-order valence-corrected chi connectivity index (χ0v) is 19.8. The van der Waals surface area contributed by atoms with Crippen LogP contribution in [0.3, 0.4) is 0 Å². The minimum Gasteiger partial charge on any atom is -0.492 e. The number of ketones is 1. The molecular formula is C24H25Cl2FN2O5. The first-order valence-electron chi connectivity index (χ1n) is 10.9. The van der Waals surface area contributed by atoms with Crippen molar-refractivity contribution in [3.63, 3.8) is 0 Å². The summed E-state index contributed by atoms with van der Waals surface area (Å²) in [6, 6.07) is 9.42. The van der Waals surface area contributed by atoms with Crippen molar-refractivity contribution in [1.82, 2.24) is 10.6 Å². The highest BCUT2D eigenvalue weighted by molar-refractivity contribution is 6.31. The summed E-state index contributed by atoms with van der Waals surface area (Å²) in [4.78, 5) is 33.5. The van der Waals surface area contributed by atoms with Crippen molar-refractivity contribution in [2.24, 2.45) is 0 Å². The van der Waals surface area contributed by atoms with Crippen molar-refractivity contribution in [3.05, 3.63) is 57.8 Å². The first kappa shape index (κ1) is 25.8. The van der Waals surface area contributed by atoms with Gasteiger partial charge in [0.05, 0.1) is 17.2 Å². The molecule has 4 rings (SSSR count). The number of Topliss-reactive ketones (excluding diaryl/α,β-unsaturated/α-hetero) is 1. The summed E-state index contributed by atoms with van der Waals surface area (Å²) >= 11 is 11.3. The Balaban J connectivity index is 0.000000226. The lowest BCUT2D eigenvalue weighted by Crippen LogP contribution is -2.43. The number of rotatable bonds is 6. The van der Waals surface area contributed by atoms with Crippen LogP contribution in [0.5, 0.6) is 11.5 Å². The molecule has 2 aromatic carbocycles. The van der Waals surface area contributed by atoms with Gasteiger partial charge in [0, 0.05) is 29.6 Å². The number of nitrogens with one attached hydrogen (secondary N) is 2. The topological polar surface area (TPSA) is 93.7 Å². The zero-order chi connectivity index (χ0) is 24.5. The molecule has 1 heterocycles. The number of amides is 2. The van der Waals surface area contributed by atoms with Crippen LogP contribution in [0.1, 0.15) is 42.5 Å². The molecule has 2 N–H and O–H groups in total. The average molecular weight is 511 g/mol. The van der Waals surface area contributed by atoms with Gasteiger partial charge >= 0.3 is 0 Å². The molecule has 0 atom stereocenters. The summed E-state index contributed by atoms with van der Waals surface area (Å²) in [6.45, 7) is 0.307. The summed E-state index contributed by atoms with van der Waals surface area (Å²) in [5.74, 6) is 0.188. The van der Waals surface area contributed by atoms with Gasteiger partial charge in [-0.2, -0.15) is 0 Å². The number of ether oxygens (including phenoxy) is 2. The number of halogens is 3. The minimum atomic E-state index is -0.583. The lowest BCUT2D eigenvalue weighted by atomic mass is 9.91. The monoisotopic (exact) mass is 510 g/mol. The molecule has 2 amide bonds. The first-order valence-corrected chi connectivity index (χ1v) is 11.6. The molecule has 0 unspecified atom stereocenters. The molecule has 7 nitrogen and oxygen atoms in total. The molecule has 2 aliphatic rings. The summed E-state index contributed by atoms with van der Waals surface area (Å²) < 4.78 is 23.7. The number of carbonyl (C=O) groups excluding carboxylic acids is 3. The highest BCUT2D eigenvalue weighted by Gasteiger charge is 2.22. The Bertz CT molecular complexity index is 1030. The van der Waals surface area contributed by atoms with Crippen LogP contribution in [0.2, 0.25) is 10.0 Å². The van der Waals surface area contributed by atoms with Gasteiger partial charge in [0.25, 0.3) is 5.91 Å². The quantitative estimate of drug-likeness (QED) is 0.563. The summed E-state index contributed by atoms with van der Waals surface area (Å²) in [5, 5.41) is 6.22. The van der Waals surface area contributed by atoms with Gasteiger partial charge in [-0.1, -0.05) is 23.2 Å². The lowest BCUT2D eigenvalue weighted by Gasteiger charge is -2.28. The third-order valence-corrected chi connectivity index (χ3v) is 6.03. The van der Waals surface area contributed by atoms with Gasteiger partial charge in [-0.15, -0.1) is 0 Å². The molecule has 0 spiro atoms. The van der Waals surface area contributed by atoms with E-state index < -0.39 is 5.82 Å². The smallest absolute Gasteiger partial charge is 0.258 e. The Kier molecular flexibility index (Phi) is 9.53. The molecule has 1 fully saturated rings. The minimum absolute atomic E-state index is 0.0116. The van der Waals surface area contributed by atoms with Gasteiger partial charge in [-0.25, -0.2) is 4.39 Å². The molecule has 1 aliphatic carbocycles. The van der Waals surface area contributed by atoms with E-state index in [1.807, 2.05) is 0 Å². The Morgan fingerprint density at radius 3 is 2.56 bits per heavy atom. The lowest BCUT2D eigenvalue weighted by molar-refractivity contribution is -0.124. The fourth-order valence-electron chi connectivity index (χ4n) is 3.72. The second-order valence-corrected chi connectivity index (χ2v) is 8.77. The predicted octanol–water partition coefficient (Wildman–Crippen LogP) is 4.34. The summed E-state index contributed by atoms with van der Waals surface area (Å²) in [7, 11) is 0. The number of carbonyl (C=O) groups is 3.